The van der Waals surface area contributed by atoms with Gasteiger partial charge in [0.15, 0.2) is 0 Å². The zero-order valence-electron chi connectivity index (χ0n) is 10.7. The summed E-state index contributed by atoms with van der Waals surface area (Å²) in [4.78, 5) is 8.19. The van der Waals surface area contributed by atoms with Crippen LogP contribution in [0.15, 0.2) is 36.5 Å². The molecule has 1 aromatic heterocycles. The number of nitrogen functional groups attached to an aromatic ring is 1. The van der Waals surface area contributed by atoms with E-state index in [-0.39, 0.29) is 0 Å². The van der Waals surface area contributed by atoms with Crippen molar-refractivity contribution in [3.63, 3.8) is 0 Å². The highest BCUT2D eigenvalue weighted by Gasteiger charge is 2.00. The Bertz CT molecular complexity index is 505. The van der Waals surface area contributed by atoms with Crippen LogP contribution < -0.4 is 11.1 Å². The van der Waals surface area contributed by atoms with Crippen molar-refractivity contribution in [2.24, 2.45) is 0 Å². The lowest BCUT2D eigenvalue weighted by molar-refractivity contribution is 0.865. The molecule has 0 saturated heterocycles. The highest BCUT2D eigenvalue weighted by molar-refractivity contribution is 5.36. The number of nitrogens with two attached hydrogens (primary N) is 1. The summed E-state index contributed by atoms with van der Waals surface area (Å²) in [6, 6.07) is 10.2. The Hall–Kier alpha value is -2.10. The van der Waals surface area contributed by atoms with Crippen molar-refractivity contribution < 1.29 is 0 Å². The van der Waals surface area contributed by atoms with E-state index < -0.39 is 0 Å². The molecule has 94 valence electrons. The fraction of sp³-hybridized carbons (Fsp3) is 0.286. The van der Waals surface area contributed by atoms with E-state index in [1.807, 2.05) is 0 Å². The van der Waals surface area contributed by atoms with Gasteiger partial charge in [0.05, 0.1) is 0 Å². The Labute approximate surface area is 107 Å². The summed E-state index contributed by atoms with van der Waals surface area (Å²) in [6.45, 7) is 5.07. The maximum Gasteiger partial charge on any atom is 0.224 e. The molecule has 0 fully saturated rings. The molecule has 0 aliphatic heterocycles. The van der Waals surface area contributed by atoms with E-state index in [1.165, 1.54) is 11.1 Å². The van der Waals surface area contributed by atoms with E-state index in [0.29, 0.717) is 24.2 Å². The summed E-state index contributed by atoms with van der Waals surface area (Å²) in [7, 11) is 0. The molecule has 4 nitrogen and oxygen atoms in total. The zero-order valence-corrected chi connectivity index (χ0v) is 10.7. The van der Waals surface area contributed by atoms with Gasteiger partial charge in [-0.05, 0) is 23.1 Å². The van der Waals surface area contributed by atoms with Crippen LogP contribution in [0.3, 0.4) is 0 Å². The van der Waals surface area contributed by atoms with E-state index in [1.54, 1.807) is 12.3 Å². The molecular weight excluding hydrogens is 224 g/mol. The maximum absolute atomic E-state index is 5.59. The molecule has 0 amide bonds. The third-order valence-electron chi connectivity index (χ3n) is 2.77. The zero-order chi connectivity index (χ0) is 13.0. The molecule has 0 bridgehead atoms. The minimum atomic E-state index is 0.475. The predicted molar refractivity (Wildman–Crippen MR) is 74.3 cm³/mol. The molecule has 0 aliphatic carbocycles. The average Bonchev–Trinajstić information content (AvgIpc) is 2.37. The summed E-state index contributed by atoms with van der Waals surface area (Å²) >= 11 is 0. The van der Waals surface area contributed by atoms with Gasteiger partial charge in [0, 0.05) is 12.7 Å². The second-order valence-electron chi connectivity index (χ2n) is 4.55. The number of anilines is 2. The van der Waals surface area contributed by atoms with Gasteiger partial charge in [0.1, 0.15) is 5.82 Å². The Morgan fingerprint density at radius 1 is 1.17 bits per heavy atom. The van der Waals surface area contributed by atoms with Gasteiger partial charge in [0.25, 0.3) is 0 Å². The molecule has 18 heavy (non-hydrogen) atoms. The number of rotatable bonds is 4. The van der Waals surface area contributed by atoms with Gasteiger partial charge in [-0.1, -0.05) is 38.1 Å². The summed E-state index contributed by atoms with van der Waals surface area (Å²) in [5.41, 5.74) is 8.14. The number of hydrogen-bond donors (Lipinski definition) is 2. The number of nitrogens with zero attached hydrogens (tertiary/aromatic N) is 2. The van der Waals surface area contributed by atoms with Crippen LogP contribution in [-0.2, 0) is 6.54 Å². The first-order valence-corrected chi connectivity index (χ1v) is 6.06. The van der Waals surface area contributed by atoms with Gasteiger partial charge >= 0.3 is 0 Å². The van der Waals surface area contributed by atoms with Crippen LogP contribution in [0.4, 0.5) is 11.8 Å². The smallest absolute Gasteiger partial charge is 0.224 e. The normalized spacial score (nSPS) is 10.6. The Morgan fingerprint density at radius 2 is 1.89 bits per heavy atom. The standard InChI is InChI=1S/C14H18N4/c1-10(2)12-5-3-11(4-6-12)9-17-14-16-8-7-13(15)18-14/h3-8,10H,9H2,1-2H3,(H3,15,16,17,18). The highest BCUT2D eigenvalue weighted by Crippen LogP contribution is 2.15. The third-order valence-corrected chi connectivity index (χ3v) is 2.77. The van der Waals surface area contributed by atoms with Gasteiger partial charge in [0.2, 0.25) is 5.95 Å². The van der Waals surface area contributed by atoms with Crippen molar-refractivity contribution >= 4 is 11.8 Å². The van der Waals surface area contributed by atoms with Crippen molar-refractivity contribution in [1.82, 2.24) is 9.97 Å². The number of benzene rings is 1. The van der Waals surface area contributed by atoms with Crippen LogP contribution in [0.5, 0.6) is 0 Å². The third kappa shape index (κ3) is 3.20. The van der Waals surface area contributed by atoms with Crippen molar-refractivity contribution in [2.75, 3.05) is 11.1 Å². The van der Waals surface area contributed by atoms with Crippen LogP contribution in [-0.4, -0.2) is 9.97 Å². The Morgan fingerprint density at radius 3 is 2.50 bits per heavy atom. The lowest BCUT2D eigenvalue weighted by Gasteiger charge is -2.08. The molecule has 3 N–H and O–H groups in total. The number of hydrogen-bond acceptors (Lipinski definition) is 4. The lowest BCUT2D eigenvalue weighted by Crippen LogP contribution is -2.04. The average molecular weight is 242 g/mol. The van der Waals surface area contributed by atoms with E-state index >= 15 is 0 Å². The fourth-order valence-corrected chi connectivity index (χ4v) is 1.66. The monoisotopic (exact) mass is 242 g/mol. The maximum atomic E-state index is 5.59. The topological polar surface area (TPSA) is 63.8 Å². The quantitative estimate of drug-likeness (QED) is 0.865. The van der Waals surface area contributed by atoms with Crippen molar-refractivity contribution in [3.05, 3.63) is 47.7 Å². The summed E-state index contributed by atoms with van der Waals surface area (Å²) in [6.07, 6.45) is 1.65. The predicted octanol–water partition coefficient (Wildman–Crippen LogP) is 2.79. The Balaban J connectivity index is 1.98. The molecule has 0 aliphatic rings. The molecule has 4 heteroatoms. The minimum absolute atomic E-state index is 0.475. The molecule has 1 heterocycles. The van der Waals surface area contributed by atoms with E-state index in [0.717, 1.165) is 0 Å². The van der Waals surface area contributed by atoms with Gasteiger partial charge in [-0.15, -0.1) is 0 Å². The van der Waals surface area contributed by atoms with Gasteiger partial charge in [-0.3, -0.25) is 0 Å². The van der Waals surface area contributed by atoms with Crippen LogP contribution in [0, 0.1) is 0 Å². The van der Waals surface area contributed by atoms with Crippen molar-refractivity contribution in [3.8, 4) is 0 Å². The van der Waals surface area contributed by atoms with E-state index in [4.69, 9.17) is 5.73 Å². The number of nitrogens with one attached hydrogen (secondary N) is 1. The summed E-state index contributed by atoms with van der Waals surface area (Å²) in [5.74, 6) is 1.59. The van der Waals surface area contributed by atoms with Gasteiger partial charge in [-0.25, -0.2) is 4.98 Å². The first-order valence-electron chi connectivity index (χ1n) is 6.06. The van der Waals surface area contributed by atoms with Crippen LogP contribution in [0.1, 0.15) is 30.9 Å². The number of aromatic nitrogens is 2. The summed E-state index contributed by atoms with van der Waals surface area (Å²) in [5, 5.41) is 3.15. The SMILES string of the molecule is CC(C)c1ccc(CNc2nccc(N)n2)cc1. The lowest BCUT2D eigenvalue weighted by atomic mass is 10.0. The molecule has 2 rings (SSSR count). The molecular formula is C14H18N4. The van der Waals surface area contributed by atoms with E-state index in [9.17, 15) is 0 Å². The first kappa shape index (κ1) is 12.4. The largest absolute Gasteiger partial charge is 0.384 e. The molecule has 0 spiro atoms. The molecule has 0 atom stereocenters. The van der Waals surface area contributed by atoms with Gasteiger partial charge < -0.3 is 11.1 Å². The van der Waals surface area contributed by atoms with Crippen LogP contribution in [0.2, 0.25) is 0 Å². The summed E-state index contributed by atoms with van der Waals surface area (Å²) < 4.78 is 0. The Kier molecular flexibility index (Phi) is 3.77. The first-order chi connectivity index (χ1) is 8.65. The van der Waals surface area contributed by atoms with Crippen molar-refractivity contribution in [2.45, 2.75) is 26.3 Å². The van der Waals surface area contributed by atoms with Gasteiger partial charge in [-0.2, -0.15) is 4.98 Å². The minimum Gasteiger partial charge on any atom is -0.384 e. The molecule has 2 aromatic rings. The van der Waals surface area contributed by atoms with E-state index in [2.05, 4.69) is 53.4 Å². The molecule has 0 unspecified atom stereocenters. The second kappa shape index (κ2) is 5.49. The highest BCUT2D eigenvalue weighted by atomic mass is 15.1. The van der Waals surface area contributed by atoms with Crippen LogP contribution in [0.25, 0.3) is 0 Å². The molecule has 0 saturated carbocycles. The molecule has 1 aromatic carbocycles. The van der Waals surface area contributed by atoms with Crippen LogP contribution >= 0.6 is 0 Å². The van der Waals surface area contributed by atoms with Crippen molar-refractivity contribution in [1.29, 1.82) is 0 Å². The second-order valence-corrected chi connectivity index (χ2v) is 4.55. The molecule has 0 radical (unpaired) electrons. The fourth-order valence-electron chi connectivity index (χ4n) is 1.66.